The highest BCUT2D eigenvalue weighted by Gasteiger charge is 2.56. The number of rotatable bonds is 7. The highest BCUT2D eigenvalue weighted by molar-refractivity contribution is 4.96. The Morgan fingerprint density at radius 3 is 2.38 bits per heavy atom. The molecular weight excluding hydrogens is 214 g/mol. The molecule has 1 rings (SSSR count). The van der Waals surface area contributed by atoms with Crippen LogP contribution in [-0.4, -0.2) is 22.4 Å². The predicted octanol–water partition coefficient (Wildman–Crippen LogP) is 2.93. The molecule has 0 aromatic carbocycles. The molecule has 2 unspecified atom stereocenters. The van der Waals surface area contributed by atoms with Crippen LogP contribution in [-0.2, 0) is 0 Å². The summed E-state index contributed by atoms with van der Waals surface area (Å²) in [6.45, 7) is 2.09. The lowest BCUT2D eigenvalue weighted by atomic mass is 9.67. The van der Waals surface area contributed by atoms with Crippen molar-refractivity contribution in [1.82, 2.24) is 0 Å². The minimum Gasteiger partial charge on any atom is -0.368 e. The van der Waals surface area contributed by atoms with Gasteiger partial charge in [0.2, 0.25) is 0 Å². The molecule has 1 aliphatic carbocycles. The van der Waals surface area contributed by atoms with Crippen molar-refractivity contribution in [1.29, 1.82) is 0 Å². The van der Waals surface area contributed by atoms with Crippen LogP contribution >= 0.6 is 0 Å². The van der Waals surface area contributed by atoms with Crippen molar-refractivity contribution < 1.29 is 19.0 Å². The fourth-order valence-corrected chi connectivity index (χ4v) is 2.47. The molecule has 1 fully saturated rings. The summed E-state index contributed by atoms with van der Waals surface area (Å²) in [7, 11) is 0. The third kappa shape index (κ3) is 3.39. The molecule has 0 amide bonds. The van der Waals surface area contributed by atoms with Gasteiger partial charge in [-0.25, -0.2) is 8.78 Å². The van der Waals surface area contributed by atoms with Gasteiger partial charge in [0.05, 0.1) is 0 Å². The van der Waals surface area contributed by atoms with Crippen molar-refractivity contribution in [2.75, 3.05) is 0 Å². The summed E-state index contributed by atoms with van der Waals surface area (Å²) in [5.41, 5.74) is 0. The van der Waals surface area contributed by atoms with Gasteiger partial charge in [-0.3, -0.25) is 0 Å². The first-order valence-corrected chi connectivity index (χ1v) is 6.22. The maximum atomic E-state index is 13.5. The van der Waals surface area contributed by atoms with Crippen LogP contribution in [0.25, 0.3) is 0 Å². The second-order valence-electron chi connectivity index (χ2n) is 4.87. The van der Waals surface area contributed by atoms with Crippen LogP contribution in [0.2, 0.25) is 0 Å². The molecule has 0 aromatic heterocycles. The van der Waals surface area contributed by atoms with Gasteiger partial charge in [0.1, 0.15) is 0 Å². The molecule has 4 heteroatoms. The molecule has 0 radical (unpaired) electrons. The SMILES string of the molecule is CCCCCCC1CC(CC(O)O)C1(F)F. The van der Waals surface area contributed by atoms with Gasteiger partial charge < -0.3 is 10.2 Å². The molecule has 0 aromatic rings. The van der Waals surface area contributed by atoms with E-state index >= 15 is 0 Å². The van der Waals surface area contributed by atoms with Gasteiger partial charge in [-0.1, -0.05) is 32.6 Å². The molecule has 1 aliphatic rings. The van der Waals surface area contributed by atoms with Crippen LogP contribution in [0.5, 0.6) is 0 Å². The fourth-order valence-electron chi connectivity index (χ4n) is 2.47. The largest absolute Gasteiger partial charge is 0.368 e. The summed E-state index contributed by atoms with van der Waals surface area (Å²) in [4.78, 5) is 0. The molecule has 2 atom stereocenters. The fraction of sp³-hybridized carbons (Fsp3) is 1.00. The Balaban J connectivity index is 2.22. The molecule has 0 spiro atoms. The van der Waals surface area contributed by atoms with Crippen LogP contribution in [0, 0.1) is 11.8 Å². The Labute approximate surface area is 95.7 Å². The highest BCUT2D eigenvalue weighted by Crippen LogP contribution is 2.52. The summed E-state index contributed by atoms with van der Waals surface area (Å²) < 4.78 is 27.0. The Hall–Kier alpha value is -0.220. The average molecular weight is 236 g/mol. The molecule has 2 nitrogen and oxygen atoms in total. The smallest absolute Gasteiger partial charge is 0.253 e. The number of halogens is 2. The Morgan fingerprint density at radius 2 is 1.88 bits per heavy atom. The summed E-state index contributed by atoms with van der Waals surface area (Å²) >= 11 is 0. The lowest BCUT2D eigenvalue weighted by molar-refractivity contribution is -0.212. The topological polar surface area (TPSA) is 40.5 Å². The summed E-state index contributed by atoms with van der Waals surface area (Å²) in [6, 6.07) is 0. The minimum atomic E-state index is -2.68. The molecule has 0 heterocycles. The number of alkyl halides is 2. The summed E-state index contributed by atoms with van der Waals surface area (Å²) in [5.74, 6) is -4.05. The number of aliphatic hydroxyl groups is 2. The van der Waals surface area contributed by atoms with Gasteiger partial charge in [-0.2, -0.15) is 0 Å². The van der Waals surface area contributed by atoms with E-state index in [-0.39, 0.29) is 6.42 Å². The van der Waals surface area contributed by atoms with Crippen LogP contribution in [0.15, 0.2) is 0 Å². The van der Waals surface area contributed by atoms with Crippen molar-refractivity contribution in [3.05, 3.63) is 0 Å². The van der Waals surface area contributed by atoms with Crippen molar-refractivity contribution in [2.24, 2.45) is 11.8 Å². The van der Waals surface area contributed by atoms with Crippen LogP contribution in [0.3, 0.4) is 0 Å². The van der Waals surface area contributed by atoms with E-state index in [1.54, 1.807) is 0 Å². The Morgan fingerprint density at radius 1 is 1.19 bits per heavy atom. The van der Waals surface area contributed by atoms with Gasteiger partial charge in [0.15, 0.2) is 6.29 Å². The van der Waals surface area contributed by atoms with Crippen LogP contribution in [0.4, 0.5) is 8.78 Å². The first kappa shape index (κ1) is 13.8. The standard InChI is InChI=1S/C12H22F2O2/c1-2-3-4-5-6-9-7-10(8-11(15)16)12(9,13)14/h9-11,15-16H,2-8H2,1H3. The van der Waals surface area contributed by atoms with E-state index in [0.29, 0.717) is 12.8 Å². The van der Waals surface area contributed by atoms with Gasteiger partial charge in [-0.05, 0) is 12.8 Å². The van der Waals surface area contributed by atoms with Crippen molar-refractivity contribution in [3.63, 3.8) is 0 Å². The van der Waals surface area contributed by atoms with Crippen LogP contribution in [0.1, 0.15) is 51.9 Å². The number of unbranched alkanes of at least 4 members (excludes halogenated alkanes) is 3. The van der Waals surface area contributed by atoms with E-state index in [1.807, 2.05) is 0 Å². The van der Waals surface area contributed by atoms with Crippen molar-refractivity contribution in [2.45, 2.75) is 64.1 Å². The summed E-state index contributed by atoms with van der Waals surface area (Å²) in [6.07, 6.45) is 3.33. The van der Waals surface area contributed by atoms with E-state index in [0.717, 1.165) is 25.7 Å². The molecule has 96 valence electrons. The van der Waals surface area contributed by atoms with Gasteiger partial charge >= 0.3 is 0 Å². The predicted molar refractivity (Wildman–Crippen MR) is 58.1 cm³/mol. The maximum absolute atomic E-state index is 13.5. The molecule has 0 aliphatic heterocycles. The molecule has 0 saturated heterocycles. The molecule has 0 bridgehead atoms. The monoisotopic (exact) mass is 236 g/mol. The zero-order valence-electron chi connectivity index (χ0n) is 9.83. The van der Waals surface area contributed by atoms with E-state index < -0.39 is 24.0 Å². The molecule has 2 N–H and O–H groups in total. The second-order valence-corrected chi connectivity index (χ2v) is 4.87. The average Bonchev–Trinajstić information content (AvgIpc) is 2.20. The second kappa shape index (κ2) is 5.92. The molecule has 1 saturated carbocycles. The Kier molecular flexibility index (Phi) is 5.12. The lowest BCUT2D eigenvalue weighted by Gasteiger charge is -2.45. The first-order chi connectivity index (χ1) is 7.48. The molecule has 16 heavy (non-hydrogen) atoms. The van der Waals surface area contributed by atoms with Crippen molar-refractivity contribution in [3.8, 4) is 0 Å². The maximum Gasteiger partial charge on any atom is 0.253 e. The molecular formula is C12H22F2O2. The van der Waals surface area contributed by atoms with Crippen LogP contribution < -0.4 is 0 Å². The van der Waals surface area contributed by atoms with Gasteiger partial charge in [0.25, 0.3) is 5.92 Å². The van der Waals surface area contributed by atoms with E-state index in [1.165, 1.54) is 0 Å². The number of hydrogen-bond acceptors (Lipinski definition) is 2. The summed E-state index contributed by atoms with van der Waals surface area (Å²) in [5, 5.41) is 17.3. The Bertz CT molecular complexity index is 207. The van der Waals surface area contributed by atoms with Gasteiger partial charge in [0, 0.05) is 18.3 Å². The third-order valence-electron chi connectivity index (χ3n) is 3.56. The minimum absolute atomic E-state index is 0.196. The first-order valence-electron chi connectivity index (χ1n) is 6.22. The van der Waals surface area contributed by atoms with Crippen molar-refractivity contribution >= 4 is 0 Å². The third-order valence-corrected chi connectivity index (χ3v) is 3.56. The van der Waals surface area contributed by atoms with Gasteiger partial charge in [-0.15, -0.1) is 0 Å². The quantitative estimate of drug-likeness (QED) is 0.527. The van der Waals surface area contributed by atoms with E-state index in [4.69, 9.17) is 10.2 Å². The zero-order chi connectivity index (χ0) is 12.2. The lowest BCUT2D eigenvalue weighted by Crippen LogP contribution is -2.49. The zero-order valence-corrected chi connectivity index (χ0v) is 9.83. The van der Waals surface area contributed by atoms with E-state index in [9.17, 15) is 8.78 Å². The number of hydrogen-bond donors (Lipinski definition) is 2. The van der Waals surface area contributed by atoms with E-state index in [2.05, 4.69) is 6.92 Å². The highest BCUT2D eigenvalue weighted by atomic mass is 19.3. The normalized spacial score (nSPS) is 28.1. The number of aliphatic hydroxyl groups excluding tert-OH is 1.